The van der Waals surface area contributed by atoms with Gasteiger partial charge in [-0.15, -0.1) is 11.3 Å². The number of nitriles is 2. The highest BCUT2D eigenvalue weighted by molar-refractivity contribution is 7.14. The van der Waals surface area contributed by atoms with Crippen molar-refractivity contribution in [2.24, 2.45) is 0 Å². The van der Waals surface area contributed by atoms with Crippen LogP contribution in [0.3, 0.4) is 0 Å². The SMILES string of the molecule is COc1ccc(/C=C(\C#N)c2ccc(/C(C#N)=C/c3ccc(OC)cc3)s2)cc1. The molecule has 0 saturated heterocycles. The first-order valence-corrected chi connectivity index (χ1v) is 9.60. The second kappa shape index (κ2) is 9.41. The number of rotatable bonds is 6. The van der Waals surface area contributed by atoms with Gasteiger partial charge in [-0.3, -0.25) is 0 Å². The summed E-state index contributed by atoms with van der Waals surface area (Å²) in [4.78, 5) is 1.63. The molecule has 3 aromatic rings. The minimum Gasteiger partial charge on any atom is -0.497 e. The topological polar surface area (TPSA) is 66.0 Å². The second-order valence-electron chi connectivity index (χ2n) is 6.05. The van der Waals surface area contributed by atoms with Crippen LogP contribution in [0.25, 0.3) is 23.3 Å². The summed E-state index contributed by atoms with van der Waals surface area (Å²) in [6.45, 7) is 0. The van der Waals surface area contributed by atoms with E-state index in [-0.39, 0.29) is 0 Å². The van der Waals surface area contributed by atoms with Crippen molar-refractivity contribution in [3.63, 3.8) is 0 Å². The first-order valence-electron chi connectivity index (χ1n) is 8.79. The van der Waals surface area contributed by atoms with Gasteiger partial charge >= 0.3 is 0 Å². The van der Waals surface area contributed by atoms with Gasteiger partial charge in [-0.1, -0.05) is 24.3 Å². The minimum atomic E-state index is 0.549. The molecule has 0 radical (unpaired) electrons. The number of benzene rings is 2. The van der Waals surface area contributed by atoms with E-state index in [0.29, 0.717) is 11.1 Å². The van der Waals surface area contributed by atoms with Crippen molar-refractivity contribution >= 4 is 34.6 Å². The summed E-state index contributed by atoms with van der Waals surface area (Å²) in [7, 11) is 3.23. The van der Waals surface area contributed by atoms with Crippen LogP contribution in [0, 0.1) is 22.7 Å². The number of ether oxygens (including phenoxy) is 2. The lowest BCUT2D eigenvalue weighted by Crippen LogP contribution is -1.82. The lowest BCUT2D eigenvalue weighted by Gasteiger charge is -2.01. The minimum absolute atomic E-state index is 0.549. The molecular weight excluding hydrogens is 380 g/mol. The van der Waals surface area contributed by atoms with Crippen LogP contribution in [-0.2, 0) is 0 Å². The Labute approximate surface area is 174 Å². The Bertz CT molecular complexity index is 1040. The largest absolute Gasteiger partial charge is 0.497 e. The second-order valence-corrected chi connectivity index (χ2v) is 7.13. The average Bonchev–Trinajstić information content (AvgIpc) is 3.26. The summed E-state index contributed by atoms with van der Waals surface area (Å²) in [5, 5.41) is 19.2. The first-order chi connectivity index (χ1) is 14.2. The summed E-state index contributed by atoms with van der Waals surface area (Å²) in [6, 6.07) is 23.3. The average molecular weight is 398 g/mol. The molecular formula is C24H18N2O2S. The fourth-order valence-electron chi connectivity index (χ4n) is 2.68. The quantitative estimate of drug-likeness (QED) is 0.485. The van der Waals surface area contributed by atoms with Gasteiger partial charge in [0, 0.05) is 9.75 Å². The maximum Gasteiger partial charge on any atom is 0.118 e. The summed E-state index contributed by atoms with van der Waals surface area (Å²) in [5.41, 5.74) is 2.92. The Hall–Kier alpha value is -3.80. The van der Waals surface area contributed by atoms with Crippen molar-refractivity contribution < 1.29 is 9.47 Å². The van der Waals surface area contributed by atoms with Crippen LogP contribution in [0.4, 0.5) is 0 Å². The molecule has 0 aliphatic carbocycles. The van der Waals surface area contributed by atoms with Crippen LogP contribution < -0.4 is 9.47 Å². The van der Waals surface area contributed by atoms with Gasteiger partial charge in [0.1, 0.15) is 23.6 Å². The van der Waals surface area contributed by atoms with Gasteiger partial charge in [-0.05, 0) is 59.7 Å². The molecule has 2 aromatic carbocycles. The first kappa shape index (κ1) is 19.9. The van der Waals surface area contributed by atoms with Crippen molar-refractivity contribution in [1.29, 1.82) is 10.5 Å². The van der Waals surface area contributed by atoms with E-state index in [9.17, 15) is 10.5 Å². The van der Waals surface area contributed by atoms with E-state index in [0.717, 1.165) is 32.4 Å². The maximum atomic E-state index is 9.60. The molecule has 0 N–H and O–H groups in total. The van der Waals surface area contributed by atoms with Crippen LogP contribution in [0.2, 0.25) is 0 Å². The van der Waals surface area contributed by atoms with Crippen molar-refractivity contribution in [3.8, 4) is 23.6 Å². The number of allylic oxidation sites excluding steroid dienone is 2. The van der Waals surface area contributed by atoms with Gasteiger partial charge in [-0.2, -0.15) is 10.5 Å². The predicted octanol–water partition coefficient (Wildman–Crippen LogP) is 5.89. The number of hydrogen-bond acceptors (Lipinski definition) is 5. The van der Waals surface area contributed by atoms with Gasteiger partial charge in [0.05, 0.1) is 25.4 Å². The fraction of sp³-hybridized carbons (Fsp3) is 0.0833. The lowest BCUT2D eigenvalue weighted by molar-refractivity contribution is 0.414. The Morgan fingerprint density at radius 2 is 1.07 bits per heavy atom. The van der Waals surface area contributed by atoms with Gasteiger partial charge in [0.15, 0.2) is 0 Å². The van der Waals surface area contributed by atoms with Crippen molar-refractivity contribution in [3.05, 3.63) is 81.5 Å². The monoisotopic (exact) mass is 398 g/mol. The Morgan fingerprint density at radius 3 is 1.38 bits per heavy atom. The third-order valence-corrected chi connectivity index (χ3v) is 5.38. The zero-order chi connectivity index (χ0) is 20.6. The third kappa shape index (κ3) is 4.93. The molecule has 142 valence electrons. The zero-order valence-electron chi connectivity index (χ0n) is 16.0. The summed E-state index contributed by atoms with van der Waals surface area (Å²) in [6.07, 6.45) is 3.66. The van der Waals surface area contributed by atoms with Crippen molar-refractivity contribution in [1.82, 2.24) is 0 Å². The van der Waals surface area contributed by atoms with Crippen LogP contribution >= 0.6 is 11.3 Å². The molecule has 0 aliphatic rings. The van der Waals surface area contributed by atoms with E-state index < -0.39 is 0 Å². The van der Waals surface area contributed by atoms with Gasteiger partial charge in [-0.25, -0.2) is 0 Å². The zero-order valence-corrected chi connectivity index (χ0v) is 16.9. The molecule has 5 heteroatoms. The summed E-state index contributed by atoms with van der Waals surface area (Å²) >= 11 is 1.42. The van der Waals surface area contributed by atoms with E-state index in [1.807, 2.05) is 72.8 Å². The van der Waals surface area contributed by atoms with Crippen LogP contribution in [-0.4, -0.2) is 14.2 Å². The standard InChI is InChI=1S/C24H18N2O2S/c1-27-21-7-3-17(4-8-21)13-19(15-25)23-11-12-24(29-23)20(16-26)14-18-5-9-22(28-2)10-6-18/h3-14H,1-2H3/b19-13+,20-14+. The van der Waals surface area contributed by atoms with Crippen LogP contribution in [0.5, 0.6) is 11.5 Å². The maximum absolute atomic E-state index is 9.60. The normalized spacial score (nSPS) is 11.4. The van der Waals surface area contributed by atoms with E-state index in [2.05, 4.69) is 12.1 Å². The molecule has 0 unspecified atom stereocenters. The Morgan fingerprint density at radius 1 is 0.690 bits per heavy atom. The number of hydrogen-bond donors (Lipinski definition) is 0. The molecule has 0 aliphatic heterocycles. The summed E-state index contributed by atoms with van der Waals surface area (Å²) < 4.78 is 10.3. The molecule has 0 fully saturated rings. The molecule has 0 spiro atoms. The number of methoxy groups -OCH3 is 2. The molecule has 0 bridgehead atoms. The van der Waals surface area contributed by atoms with E-state index >= 15 is 0 Å². The molecule has 3 rings (SSSR count). The van der Waals surface area contributed by atoms with E-state index in [4.69, 9.17) is 9.47 Å². The third-order valence-electron chi connectivity index (χ3n) is 4.23. The molecule has 1 heterocycles. The van der Waals surface area contributed by atoms with Gasteiger partial charge in [0.25, 0.3) is 0 Å². The van der Waals surface area contributed by atoms with Crippen LogP contribution in [0.15, 0.2) is 60.7 Å². The van der Waals surface area contributed by atoms with Gasteiger partial charge < -0.3 is 9.47 Å². The molecule has 0 atom stereocenters. The molecule has 1 aromatic heterocycles. The van der Waals surface area contributed by atoms with Crippen molar-refractivity contribution in [2.75, 3.05) is 14.2 Å². The Kier molecular flexibility index (Phi) is 6.47. The van der Waals surface area contributed by atoms with Crippen LogP contribution in [0.1, 0.15) is 20.9 Å². The lowest BCUT2D eigenvalue weighted by atomic mass is 10.1. The number of nitrogens with zero attached hydrogens (tertiary/aromatic N) is 2. The molecule has 0 amide bonds. The highest BCUT2D eigenvalue weighted by Gasteiger charge is 2.09. The van der Waals surface area contributed by atoms with E-state index in [1.165, 1.54) is 11.3 Å². The van der Waals surface area contributed by atoms with E-state index in [1.54, 1.807) is 14.2 Å². The molecule has 0 saturated carbocycles. The van der Waals surface area contributed by atoms with Crippen molar-refractivity contribution in [2.45, 2.75) is 0 Å². The Balaban J connectivity index is 1.88. The van der Waals surface area contributed by atoms with Gasteiger partial charge in [0.2, 0.25) is 0 Å². The predicted molar refractivity (Wildman–Crippen MR) is 117 cm³/mol. The highest BCUT2D eigenvalue weighted by Crippen LogP contribution is 2.31. The fourth-order valence-corrected chi connectivity index (χ4v) is 3.62. The summed E-state index contributed by atoms with van der Waals surface area (Å²) in [5.74, 6) is 1.53. The number of thiophene rings is 1. The molecule has 29 heavy (non-hydrogen) atoms. The smallest absolute Gasteiger partial charge is 0.118 e. The molecule has 4 nitrogen and oxygen atoms in total. The highest BCUT2D eigenvalue weighted by atomic mass is 32.1.